The Morgan fingerprint density at radius 3 is 2.65 bits per heavy atom. The second kappa shape index (κ2) is 5.46. The summed E-state index contributed by atoms with van der Waals surface area (Å²) in [6, 6.07) is 17.8. The maximum Gasteiger partial charge on any atom is 0.120 e. The number of methoxy groups -OCH3 is 1. The summed E-state index contributed by atoms with van der Waals surface area (Å²) in [7, 11) is 1.65. The summed E-state index contributed by atoms with van der Waals surface area (Å²) >= 11 is 0. The molecule has 3 rings (SSSR count). The number of para-hydroxylation sites is 1. The van der Waals surface area contributed by atoms with Crippen molar-refractivity contribution < 1.29 is 4.74 Å². The van der Waals surface area contributed by atoms with Crippen LogP contribution in [0.1, 0.15) is 11.1 Å². The normalized spacial score (nSPS) is 9.85. The minimum absolute atomic E-state index is 0.813. The van der Waals surface area contributed by atoms with E-state index in [2.05, 4.69) is 22.9 Å². The Bertz CT molecular complexity index is 812. The van der Waals surface area contributed by atoms with Crippen LogP contribution >= 0.6 is 0 Å². The molecule has 0 fully saturated rings. The highest BCUT2D eigenvalue weighted by Crippen LogP contribution is 2.13. The van der Waals surface area contributed by atoms with Gasteiger partial charge in [0.15, 0.2) is 0 Å². The zero-order chi connectivity index (χ0) is 13.8. The van der Waals surface area contributed by atoms with Gasteiger partial charge in [-0.1, -0.05) is 36.1 Å². The summed E-state index contributed by atoms with van der Waals surface area (Å²) in [4.78, 5) is 4.40. The molecule has 0 unspecified atom stereocenters. The Morgan fingerprint density at radius 1 is 0.900 bits per heavy atom. The van der Waals surface area contributed by atoms with E-state index in [1.807, 2.05) is 48.5 Å². The van der Waals surface area contributed by atoms with E-state index in [1.54, 1.807) is 13.3 Å². The van der Waals surface area contributed by atoms with E-state index in [9.17, 15) is 0 Å². The quantitative estimate of drug-likeness (QED) is 0.622. The van der Waals surface area contributed by atoms with Crippen LogP contribution in [0.3, 0.4) is 0 Å². The van der Waals surface area contributed by atoms with Gasteiger partial charge in [-0.2, -0.15) is 0 Å². The zero-order valence-electron chi connectivity index (χ0n) is 11.1. The number of benzene rings is 2. The number of fused-ring (bicyclic) bond motifs is 1. The van der Waals surface area contributed by atoms with Gasteiger partial charge in [0.1, 0.15) is 5.75 Å². The van der Waals surface area contributed by atoms with Crippen LogP contribution in [-0.4, -0.2) is 12.1 Å². The number of pyridine rings is 1. The van der Waals surface area contributed by atoms with Crippen LogP contribution in [0.5, 0.6) is 5.75 Å². The Morgan fingerprint density at radius 2 is 1.75 bits per heavy atom. The summed E-state index contributed by atoms with van der Waals surface area (Å²) in [5.74, 6) is 7.08. The fourth-order valence-electron chi connectivity index (χ4n) is 1.98. The Kier molecular flexibility index (Phi) is 3.34. The Balaban J connectivity index is 1.94. The van der Waals surface area contributed by atoms with Crippen LogP contribution in [-0.2, 0) is 0 Å². The smallest absolute Gasteiger partial charge is 0.120 e. The summed E-state index contributed by atoms with van der Waals surface area (Å²) in [6.45, 7) is 0. The second-order valence-electron chi connectivity index (χ2n) is 4.40. The molecule has 0 bridgehead atoms. The van der Waals surface area contributed by atoms with Crippen molar-refractivity contribution in [3.8, 4) is 17.6 Å². The zero-order valence-corrected chi connectivity index (χ0v) is 11.1. The first-order chi connectivity index (χ1) is 9.85. The molecule has 0 saturated heterocycles. The van der Waals surface area contributed by atoms with Crippen molar-refractivity contribution in [2.75, 3.05) is 7.11 Å². The van der Waals surface area contributed by atoms with E-state index in [-0.39, 0.29) is 0 Å². The third-order valence-electron chi connectivity index (χ3n) is 3.01. The van der Waals surface area contributed by atoms with E-state index in [0.29, 0.717) is 0 Å². The molecular formula is C18H13NO. The molecule has 0 N–H and O–H groups in total. The van der Waals surface area contributed by atoms with Crippen LogP contribution < -0.4 is 4.74 Å². The molecule has 0 atom stereocenters. The lowest BCUT2D eigenvalue weighted by molar-refractivity contribution is 0.414. The number of hydrogen-bond acceptors (Lipinski definition) is 2. The van der Waals surface area contributed by atoms with Crippen molar-refractivity contribution in [1.29, 1.82) is 0 Å². The van der Waals surface area contributed by atoms with Crippen LogP contribution in [0.2, 0.25) is 0 Å². The lowest BCUT2D eigenvalue weighted by Crippen LogP contribution is -1.84. The topological polar surface area (TPSA) is 22.1 Å². The van der Waals surface area contributed by atoms with Gasteiger partial charge in [0.2, 0.25) is 0 Å². The molecule has 1 heterocycles. The average molecular weight is 259 g/mol. The second-order valence-corrected chi connectivity index (χ2v) is 4.40. The first-order valence-electron chi connectivity index (χ1n) is 6.36. The van der Waals surface area contributed by atoms with Gasteiger partial charge in [0.25, 0.3) is 0 Å². The number of aromatic nitrogens is 1. The highest BCUT2D eigenvalue weighted by atomic mass is 16.5. The molecule has 96 valence electrons. The fraction of sp³-hybridized carbons (Fsp3) is 0.0556. The van der Waals surface area contributed by atoms with E-state index >= 15 is 0 Å². The monoisotopic (exact) mass is 259 g/mol. The number of nitrogens with zero attached hydrogens (tertiary/aromatic N) is 1. The summed E-state index contributed by atoms with van der Waals surface area (Å²) in [5.41, 5.74) is 2.82. The molecule has 0 saturated carbocycles. The number of ether oxygens (including phenoxy) is 1. The van der Waals surface area contributed by atoms with E-state index in [4.69, 9.17) is 4.74 Å². The van der Waals surface area contributed by atoms with Gasteiger partial charge in [-0.05, 0) is 30.3 Å². The third-order valence-corrected chi connectivity index (χ3v) is 3.01. The predicted molar refractivity (Wildman–Crippen MR) is 80.7 cm³/mol. The van der Waals surface area contributed by atoms with Gasteiger partial charge in [-0.25, -0.2) is 0 Å². The molecule has 2 nitrogen and oxygen atoms in total. The molecular weight excluding hydrogens is 246 g/mol. The lowest BCUT2D eigenvalue weighted by atomic mass is 10.1. The van der Waals surface area contributed by atoms with Gasteiger partial charge in [-0.3, -0.25) is 4.98 Å². The number of rotatable bonds is 1. The molecule has 0 aliphatic heterocycles. The molecule has 0 spiro atoms. The van der Waals surface area contributed by atoms with Gasteiger partial charge >= 0.3 is 0 Å². The van der Waals surface area contributed by atoms with Crippen molar-refractivity contribution in [2.24, 2.45) is 0 Å². The SMILES string of the molecule is COc1cccc(C#Cc2cnc3ccccc3c2)c1. The van der Waals surface area contributed by atoms with Crippen LogP contribution in [0.15, 0.2) is 60.8 Å². The number of hydrogen-bond donors (Lipinski definition) is 0. The lowest BCUT2D eigenvalue weighted by Gasteiger charge is -1.98. The molecule has 20 heavy (non-hydrogen) atoms. The van der Waals surface area contributed by atoms with Gasteiger partial charge in [0.05, 0.1) is 12.6 Å². The maximum atomic E-state index is 5.18. The van der Waals surface area contributed by atoms with Crippen molar-refractivity contribution >= 4 is 10.9 Å². The molecule has 0 aliphatic rings. The first kappa shape index (κ1) is 12.3. The minimum atomic E-state index is 0.813. The molecule has 0 amide bonds. The van der Waals surface area contributed by atoms with Crippen molar-refractivity contribution in [3.05, 3.63) is 71.9 Å². The molecule has 0 aliphatic carbocycles. The van der Waals surface area contributed by atoms with Gasteiger partial charge in [0, 0.05) is 22.7 Å². The standard InChI is InChI=1S/C18H13NO/c1-20-17-7-4-5-14(12-17)9-10-15-11-16-6-2-3-8-18(16)19-13-15/h2-8,11-13H,1H3. The molecule has 2 heteroatoms. The summed E-state index contributed by atoms with van der Waals surface area (Å²) in [5, 5.41) is 1.10. The largest absolute Gasteiger partial charge is 0.497 e. The van der Waals surface area contributed by atoms with E-state index in [1.165, 1.54) is 0 Å². The van der Waals surface area contributed by atoms with Crippen LogP contribution in [0.4, 0.5) is 0 Å². The van der Waals surface area contributed by atoms with Crippen LogP contribution in [0.25, 0.3) is 10.9 Å². The van der Waals surface area contributed by atoms with Crippen LogP contribution in [0, 0.1) is 11.8 Å². The highest BCUT2D eigenvalue weighted by Gasteiger charge is 1.95. The van der Waals surface area contributed by atoms with Crippen molar-refractivity contribution in [2.45, 2.75) is 0 Å². The highest BCUT2D eigenvalue weighted by molar-refractivity contribution is 5.79. The first-order valence-corrected chi connectivity index (χ1v) is 6.36. The molecule has 1 aromatic heterocycles. The molecule has 0 radical (unpaired) electrons. The maximum absolute atomic E-state index is 5.18. The van der Waals surface area contributed by atoms with E-state index < -0.39 is 0 Å². The van der Waals surface area contributed by atoms with Gasteiger partial charge < -0.3 is 4.74 Å². The summed E-state index contributed by atoms with van der Waals surface area (Å²) in [6.07, 6.45) is 1.80. The van der Waals surface area contributed by atoms with Crippen molar-refractivity contribution in [3.63, 3.8) is 0 Å². The summed E-state index contributed by atoms with van der Waals surface area (Å²) < 4.78 is 5.18. The predicted octanol–water partition coefficient (Wildman–Crippen LogP) is 3.64. The molecule has 2 aromatic carbocycles. The minimum Gasteiger partial charge on any atom is -0.497 e. The fourth-order valence-corrected chi connectivity index (χ4v) is 1.98. The Labute approximate surface area is 118 Å². The average Bonchev–Trinajstić information content (AvgIpc) is 2.53. The molecule has 3 aromatic rings. The van der Waals surface area contributed by atoms with Crippen molar-refractivity contribution in [1.82, 2.24) is 4.98 Å². The van der Waals surface area contributed by atoms with E-state index in [0.717, 1.165) is 27.8 Å². The third kappa shape index (κ3) is 2.62. The van der Waals surface area contributed by atoms with Gasteiger partial charge in [-0.15, -0.1) is 0 Å². The Hall–Kier alpha value is -2.79.